The Labute approximate surface area is 322 Å². The Kier molecular flexibility index (Phi) is 40.6. The molecule has 0 spiro atoms. The largest absolute Gasteiger partial charge is 0.379 e. The van der Waals surface area contributed by atoms with Gasteiger partial charge in [-0.15, -0.1) is 0 Å². The molecule has 0 aliphatic carbocycles. The third kappa shape index (κ3) is 40.1. The molecular formula is C32H62N10O13. The van der Waals surface area contributed by atoms with E-state index in [9.17, 15) is 14.4 Å². The molecule has 0 saturated carbocycles. The Morgan fingerprint density at radius 3 is 1.31 bits per heavy atom. The van der Waals surface area contributed by atoms with E-state index in [4.69, 9.17) is 64.2 Å². The second kappa shape index (κ2) is 43.3. The normalized spacial score (nSPS) is 11.4. The summed E-state index contributed by atoms with van der Waals surface area (Å²) in [7, 11) is 0. The maximum absolute atomic E-state index is 12.9. The van der Waals surface area contributed by atoms with E-state index in [1.165, 1.54) is 0 Å². The second-order valence-corrected chi connectivity index (χ2v) is 10.9. The summed E-state index contributed by atoms with van der Waals surface area (Å²) in [5.74, 6) is -1.13. The molecule has 0 aliphatic heterocycles. The van der Waals surface area contributed by atoms with Crippen molar-refractivity contribution < 1.29 is 61.8 Å². The lowest BCUT2D eigenvalue weighted by atomic mass is 10.1. The van der Waals surface area contributed by atoms with Gasteiger partial charge in [0.2, 0.25) is 17.7 Å². The zero-order valence-corrected chi connectivity index (χ0v) is 31.9. The van der Waals surface area contributed by atoms with Crippen molar-refractivity contribution in [3.05, 3.63) is 20.9 Å². The number of azide groups is 2. The van der Waals surface area contributed by atoms with E-state index in [0.29, 0.717) is 119 Å². The molecule has 0 radical (unpaired) electrons. The molecule has 0 aromatic heterocycles. The van der Waals surface area contributed by atoms with Crippen LogP contribution in [0, 0.1) is 0 Å². The van der Waals surface area contributed by atoms with Gasteiger partial charge in [-0.25, -0.2) is 0 Å². The van der Waals surface area contributed by atoms with E-state index in [-0.39, 0.29) is 71.2 Å². The summed E-state index contributed by atoms with van der Waals surface area (Å²) < 4.78 is 53.6. The molecule has 318 valence electrons. The SMILES string of the molecule is [N-]=[N+]=NCCOCCOCCOCCOCCNC(=O)CC[C@H](NC(=O)CCOCCOCCN)C(=O)NCCOCCOCCOCCOCCN=[N+]=[N-]. The van der Waals surface area contributed by atoms with Crippen LogP contribution < -0.4 is 21.7 Å². The van der Waals surface area contributed by atoms with Crippen molar-refractivity contribution in [1.82, 2.24) is 16.0 Å². The first kappa shape index (κ1) is 51.6. The van der Waals surface area contributed by atoms with Gasteiger partial charge >= 0.3 is 0 Å². The van der Waals surface area contributed by atoms with Crippen molar-refractivity contribution >= 4 is 17.7 Å². The number of ether oxygens (including phenoxy) is 10. The van der Waals surface area contributed by atoms with E-state index in [1.54, 1.807) is 0 Å². The number of nitrogens with two attached hydrogens (primary N) is 1. The molecule has 0 aromatic carbocycles. The van der Waals surface area contributed by atoms with Gasteiger partial charge in [-0.1, -0.05) is 10.2 Å². The van der Waals surface area contributed by atoms with E-state index in [2.05, 4.69) is 36.0 Å². The molecule has 0 saturated heterocycles. The minimum absolute atomic E-state index is 0.00268. The molecule has 0 aliphatic rings. The zero-order valence-electron chi connectivity index (χ0n) is 31.9. The average molecular weight is 795 g/mol. The van der Waals surface area contributed by atoms with Crippen molar-refractivity contribution in [3.63, 3.8) is 0 Å². The van der Waals surface area contributed by atoms with E-state index in [1.807, 2.05) is 0 Å². The predicted octanol–water partition coefficient (Wildman–Crippen LogP) is -0.381. The Balaban J connectivity index is 4.21. The highest BCUT2D eigenvalue weighted by molar-refractivity contribution is 5.88. The fourth-order valence-electron chi connectivity index (χ4n) is 3.93. The number of nitrogens with one attached hydrogen (secondary N) is 3. The number of rotatable bonds is 43. The van der Waals surface area contributed by atoms with Crippen LogP contribution >= 0.6 is 0 Å². The third-order valence-corrected chi connectivity index (χ3v) is 6.56. The topological polar surface area (TPSA) is 303 Å². The highest BCUT2D eigenvalue weighted by Gasteiger charge is 2.21. The first-order valence-corrected chi connectivity index (χ1v) is 18.4. The smallest absolute Gasteiger partial charge is 0.242 e. The molecule has 0 unspecified atom stereocenters. The van der Waals surface area contributed by atoms with Gasteiger partial charge in [0, 0.05) is 55.4 Å². The highest BCUT2D eigenvalue weighted by Crippen LogP contribution is 2.00. The molecule has 0 bridgehead atoms. The molecule has 1 atom stereocenters. The van der Waals surface area contributed by atoms with Gasteiger partial charge in [-0.05, 0) is 17.5 Å². The minimum Gasteiger partial charge on any atom is -0.379 e. The van der Waals surface area contributed by atoms with Crippen molar-refractivity contribution in [2.75, 3.05) is 165 Å². The van der Waals surface area contributed by atoms with Crippen molar-refractivity contribution in [3.8, 4) is 0 Å². The van der Waals surface area contributed by atoms with Crippen molar-refractivity contribution in [2.45, 2.75) is 25.3 Å². The quantitative estimate of drug-likeness (QED) is 0.0265. The molecule has 3 amide bonds. The molecule has 23 heteroatoms. The first-order valence-electron chi connectivity index (χ1n) is 18.4. The van der Waals surface area contributed by atoms with Crippen molar-refractivity contribution in [2.24, 2.45) is 16.0 Å². The van der Waals surface area contributed by atoms with Crippen LogP contribution in [0.2, 0.25) is 0 Å². The molecule has 23 nitrogen and oxygen atoms in total. The van der Waals surface area contributed by atoms with Gasteiger partial charge in [0.05, 0.1) is 132 Å². The Hall–Kier alpha value is -3.41. The molecule has 55 heavy (non-hydrogen) atoms. The van der Waals surface area contributed by atoms with Crippen LogP contribution in [0.4, 0.5) is 0 Å². The highest BCUT2D eigenvalue weighted by atomic mass is 16.6. The van der Waals surface area contributed by atoms with Gasteiger partial charge in [-0.2, -0.15) is 0 Å². The summed E-state index contributed by atoms with van der Waals surface area (Å²) in [4.78, 5) is 43.2. The number of hydrogen-bond donors (Lipinski definition) is 4. The van der Waals surface area contributed by atoms with E-state index in [0.717, 1.165) is 0 Å². The maximum Gasteiger partial charge on any atom is 0.242 e. The fraction of sp³-hybridized carbons (Fsp3) is 0.906. The van der Waals surface area contributed by atoms with Crippen molar-refractivity contribution in [1.29, 1.82) is 0 Å². The van der Waals surface area contributed by atoms with Gasteiger partial charge in [0.15, 0.2) is 0 Å². The number of carbonyl (C=O) groups is 3. The molecule has 5 N–H and O–H groups in total. The Bertz CT molecular complexity index is 1030. The number of nitrogens with zero attached hydrogens (tertiary/aromatic N) is 6. The lowest BCUT2D eigenvalue weighted by Crippen LogP contribution is -2.48. The van der Waals surface area contributed by atoms with Crippen LogP contribution in [0.25, 0.3) is 20.9 Å². The molecule has 0 rings (SSSR count). The van der Waals surface area contributed by atoms with Gasteiger partial charge < -0.3 is 69.1 Å². The predicted molar refractivity (Wildman–Crippen MR) is 197 cm³/mol. The van der Waals surface area contributed by atoms with Crippen LogP contribution in [0.1, 0.15) is 19.3 Å². The summed E-state index contributed by atoms with van der Waals surface area (Å²) >= 11 is 0. The van der Waals surface area contributed by atoms with E-state index < -0.39 is 17.9 Å². The summed E-state index contributed by atoms with van der Waals surface area (Å²) in [6.07, 6.45) is 0.101. The van der Waals surface area contributed by atoms with Crippen LogP contribution in [0.3, 0.4) is 0 Å². The Morgan fingerprint density at radius 2 is 0.873 bits per heavy atom. The van der Waals surface area contributed by atoms with Gasteiger partial charge in [0.1, 0.15) is 6.04 Å². The first-order chi connectivity index (χ1) is 27.0. The van der Waals surface area contributed by atoms with Crippen LogP contribution in [0.5, 0.6) is 0 Å². The lowest BCUT2D eigenvalue weighted by molar-refractivity contribution is -0.130. The van der Waals surface area contributed by atoms with E-state index >= 15 is 0 Å². The summed E-state index contributed by atoms with van der Waals surface area (Å²) in [5.41, 5.74) is 21.7. The monoisotopic (exact) mass is 794 g/mol. The summed E-state index contributed by atoms with van der Waals surface area (Å²) in [5, 5.41) is 14.9. The molecule has 0 fully saturated rings. The summed E-state index contributed by atoms with van der Waals surface area (Å²) in [6.45, 7) is 8.31. The average Bonchev–Trinajstić information content (AvgIpc) is 3.18. The number of hydrogen-bond acceptors (Lipinski definition) is 16. The zero-order chi connectivity index (χ0) is 40.1. The second-order valence-electron chi connectivity index (χ2n) is 10.9. The fourth-order valence-corrected chi connectivity index (χ4v) is 3.93. The minimum atomic E-state index is -0.944. The van der Waals surface area contributed by atoms with Crippen LogP contribution in [-0.2, 0) is 61.8 Å². The molecule has 0 heterocycles. The van der Waals surface area contributed by atoms with Gasteiger partial charge in [-0.3, -0.25) is 14.4 Å². The summed E-state index contributed by atoms with van der Waals surface area (Å²) in [6, 6.07) is -0.944. The maximum atomic E-state index is 12.9. The lowest BCUT2D eigenvalue weighted by Gasteiger charge is -2.19. The molecular weight excluding hydrogens is 732 g/mol. The number of amides is 3. The van der Waals surface area contributed by atoms with Crippen LogP contribution in [0.15, 0.2) is 10.2 Å². The third-order valence-electron chi connectivity index (χ3n) is 6.56. The number of carbonyl (C=O) groups excluding carboxylic acids is 3. The Morgan fingerprint density at radius 1 is 0.491 bits per heavy atom. The van der Waals surface area contributed by atoms with Gasteiger partial charge in [0.25, 0.3) is 0 Å². The standard InChI is InChI=1S/C32H62N10O13/c33-4-10-47-16-15-46-9-3-31(44)40-29(32(45)37-6-12-49-18-22-53-26-28-55-24-20-51-14-8-39-42-35)1-2-30(43)36-5-11-48-17-21-52-25-27-54-23-19-50-13-7-38-41-34/h29H,1-28,33H2,(H,36,43)(H,37,45)(H,40,44)/t29-/m0/s1. The van der Waals surface area contributed by atoms with Crippen LogP contribution in [-0.4, -0.2) is 189 Å². The molecule has 0 aromatic rings.